The van der Waals surface area contributed by atoms with Crippen LogP contribution < -0.4 is 0 Å². The van der Waals surface area contributed by atoms with Crippen molar-refractivity contribution in [1.29, 1.82) is 0 Å². The molecule has 0 radical (unpaired) electrons. The average molecular weight is 1100 g/mol. The van der Waals surface area contributed by atoms with Gasteiger partial charge >= 0.3 is 17.9 Å². The number of carbonyl (C=O) groups excluding carboxylic acids is 3. The first-order chi connectivity index (χ1) is 39.0. The van der Waals surface area contributed by atoms with E-state index in [4.69, 9.17) is 14.2 Å². The topological polar surface area (TPSA) is 78.9 Å². The largest absolute Gasteiger partial charge is 0.462 e. The molecule has 0 amide bonds. The van der Waals surface area contributed by atoms with E-state index in [2.05, 4.69) is 130 Å². The van der Waals surface area contributed by atoms with E-state index in [1.165, 1.54) is 148 Å². The predicted octanol–water partition coefficient (Wildman–Crippen LogP) is 23.0. The van der Waals surface area contributed by atoms with Crippen LogP contribution in [0.25, 0.3) is 0 Å². The maximum absolute atomic E-state index is 13.0. The Hall–Kier alpha value is -3.93. The third-order valence-electron chi connectivity index (χ3n) is 14.3. The molecule has 1 atom stereocenters. The highest BCUT2D eigenvalue weighted by Gasteiger charge is 2.19. The molecule has 0 aliphatic rings. The average Bonchev–Trinajstić information content (AvgIpc) is 3.45. The maximum atomic E-state index is 13.0. The van der Waals surface area contributed by atoms with Crippen LogP contribution >= 0.6 is 0 Å². The first-order valence-electron chi connectivity index (χ1n) is 33.4. The number of ether oxygens (including phenoxy) is 3. The van der Waals surface area contributed by atoms with E-state index < -0.39 is 6.10 Å². The van der Waals surface area contributed by atoms with Gasteiger partial charge in [-0.1, -0.05) is 304 Å². The number of esters is 3. The van der Waals surface area contributed by atoms with Crippen LogP contribution in [0.15, 0.2) is 109 Å². The monoisotopic (exact) mass is 1100 g/mol. The van der Waals surface area contributed by atoms with E-state index in [-0.39, 0.29) is 31.1 Å². The molecule has 6 heteroatoms. The van der Waals surface area contributed by atoms with E-state index >= 15 is 0 Å². The van der Waals surface area contributed by atoms with Gasteiger partial charge in [0.25, 0.3) is 0 Å². The molecule has 0 aromatic rings. The molecular weight excluding hydrogens is 973 g/mol. The summed E-state index contributed by atoms with van der Waals surface area (Å²) < 4.78 is 16.9. The van der Waals surface area contributed by atoms with Gasteiger partial charge in [0.2, 0.25) is 0 Å². The fraction of sp³-hybridized carbons (Fsp3) is 0.712. The van der Waals surface area contributed by atoms with Crippen LogP contribution in [0.3, 0.4) is 0 Å². The van der Waals surface area contributed by atoms with Gasteiger partial charge in [0, 0.05) is 19.3 Å². The van der Waals surface area contributed by atoms with E-state index in [0.717, 1.165) is 128 Å². The first-order valence-corrected chi connectivity index (χ1v) is 33.4. The van der Waals surface area contributed by atoms with Crippen molar-refractivity contribution in [3.63, 3.8) is 0 Å². The third-order valence-corrected chi connectivity index (χ3v) is 14.3. The summed E-state index contributed by atoms with van der Waals surface area (Å²) in [6, 6.07) is 0. The van der Waals surface area contributed by atoms with Gasteiger partial charge in [0.05, 0.1) is 0 Å². The molecule has 0 aromatic carbocycles. The second-order valence-corrected chi connectivity index (χ2v) is 22.0. The quantitative estimate of drug-likeness (QED) is 0.0261. The molecule has 0 saturated carbocycles. The molecule has 0 aromatic heterocycles. The molecule has 0 fully saturated rings. The molecule has 1 unspecified atom stereocenters. The van der Waals surface area contributed by atoms with E-state index in [0.29, 0.717) is 19.3 Å². The number of hydrogen-bond donors (Lipinski definition) is 0. The Bertz CT molecular complexity index is 1590. The number of hydrogen-bond acceptors (Lipinski definition) is 6. The van der Waals surface area contributed by atoms with Crippen LogP contribution in [-0.2, 0) is 28.6 Å². The minimum absolute atomic E-state index is 0.0919. The molecular formula is C73H124O6. The van der Waals surface area contributed by atoms with Gasteiger partial charge in [-0.15, -0.1) is 0 Å². The Balaban J connectivity index is 4.43. The number of allylic oxidation sites excluding steroid dienone is 18. The van der Waals surface area contributed by atoms with Crippen LogP contribution in [-0.4, -0.2) is 37.2 Å². The van der Waals surface area contributed by atoms with Crippen molar-refractivity contribution >= 4 is 17.9 Å². The van der Waals surface area contributed by atoms with Crippen molar-refractivity contribution in [3.8, 4) is 0 Å². The zero-order valence-corrected chi connectivity index (χ0v) is 51.9. The minimum Gasteiger partial charge on any atom is -0.462 e. The summed E-state index contributed by atoms with van der Waals surface area (Å²) in [4.78, 5) is 38.4. The number of unbranched alkanes of at least 4 members (excludes halogenated alkanes) is 31. The second-order valence-electron chi connectivity index (χ2n) is 22.0. The molecule has 0 rings (SSSR count). The summed E-state index contributed by atoms with van der Waals surface area (Å²) in [5.41, 5.74) is 0. The maximum Gasteiger partial charge on any atom is 0.306 e. The lowest BCUT2D eigenvalue weighted by Crippen LogP contribution is -2.30. The lowest BCUT2D eigenvalue weighted by molar-refractivity contribution is -0.167. The Morgan fingerprint density at radius 2 is 0.494 bits per heavy atom. The Morgan fingerprint density at radius 3 is 0.785 bits per heavy atom. The highest BCUT2D eigenvalue weighted by molar-refractivity contribution is 5.71. The van der Waals surface area contributed by atoms with Crippen molar-refractivity contribution in [2.75, 3.05) is 13.2 Å². The lowest BCUT2D eigenvalue weighted by Gasteiger charge is -2.18. The summed E-state index contributed by atoms with van der Waals surface area (Å²) in [6.07, 6.45) is 91.0. The summed E-state index contributed by atoms with van der Waals surface area (Å²) in [5, 5.41) is 0. The summed E-state index contributed by atoms with van der Waals surface area (Å²) >= 11 is 0. The molecule has 79 heavy (non-hydrogen) atoms. The lowest BCUT2D eigenvalue weighted by atomic mass is 10.0. The molecule has 0 heterocycles. The third kappa shape index (κ3) is 64.8. The van der Waals surface area contributed by atoms with E-state index in [1.54, 1.807) is 0 Å². The fourth-order valence-electron chi connectivity index (χ4n) is 9.35. The summed E-state index contributed by atoms with van der Waals surface area (Å²) in [6.45, 7) is 6.42. The highest BCUT2D eigenvalue weighted by Crippen LogP contribution is 2.17. The molecule has 0 bridgehead atoms. The van der Waals surface area contributed by atoms with Gasteiger partial charge in [0.1, 0.15) is 13.2 Å². The van der Waals surface area contributed by atoms with Gasteiger partial charge in [-0.25, -0.2) is 0 Å². The normalized spacial score (nSPS) is 12.8. The van der Waals surface area contributed by atoms with Gasteiger partial charge in [-0.2, -0.15) is 0 Å². The Morgan fingerprint density at radius 1 is 0.266 bits per heavy atom. The van der Waals surface area contributed by atoms with Gasteiger partial charge in [-0.05, 0) is 103 Å². The second kappa shape index (κ2) is 66.6. The van der Waals surface area contributed by atoms with Crippen LogP contribution in [0.2, 0.25) is 0 Å². The molecule has 0 spiro atoms. The molecule has 0 saturated heterocycles. The molecule has 0 aliphatic carbocycles. The van der Waals surface area contributed by atoms with E-state index in [1.807, 2.05) is 0 Å². The number of carbonyl (C=O) groups is 3. The Labute approximate surface area is 489 Å². The zero-order chi connectivity index (χ0) is 57.1. The van der Waals surface area contributed by atoms with Crippen LogP contribution in [0.4, 0.5) is 0 Å². The molecule has 452 valence electrons. The van der Waals surface area contributed by atoms with Crippen LogP contribution in [0, 0.1) is 0 Å². The fourth-order valence-corrected chi connectivity index (χ4v) is 9.35. The summed E-state index contributed by atoms with van der Waals surface area (Å²) in [5.74, 6) is -0.919. The summed E-state index contributed by atoms with van der Waals surface area (Å²) in [7, 11) is 0. The molecule has 0 aliphatic heterocycles. The van der Waals surface area contributed by atoms with Crippen LogP contribution in [0.1, 0.15) is 316 Å². The highest BCUT2D eigenvalue weighted by atomic mass is 16.6. The SMILES string of the molecule is CC/C=C\C/C=C\C/C=C\C/C=C\C/C=C\CCCCCC(=O)OCC(COC(=O)CCCCCCCCCC/C=C\C/C=C\C/C=C\C/C=C\CC)OC(=O)CCCCCCCCCCCCCCCCCCCCCCC. The van der Waals surface area contributed by atoms with Crippen molar-refractivity contribution in [2.45, 2.75) is 322 Å². The Kier molecular flexibility index (Phi) is 63.3. The zero-order valence-electron chi connectivity index (χ0n) is 51.9. The number of rotatable bonds is 60. The standard InChI is InChI=1S/C73H124O6/c1-4-7-10-13-16-19-22-25-28-31-34-36-39-42-45-48-51-54-57-60-63-66-72(75)78-69-70(68-77-71(74)65-62-59-56-53-50-47-44-41-38-33-30-27-24-21-18-15-12-9-6-3)79-73(76)67-64-61-58-55-52-49-46-43-40-37-35-32-29-26-23-20-17-14-11-8-5-2/h7,9-10,12,16,18-19,21,25,27-28,30,34,36,38,41,47,50,70H,4-6,8,11,13-15,17,20,22-24,26,29,31-33,35,37,39-40,42-46,48-49,51-69H2,1-3H3/b10-7-,12-9-,19-16-,21-18-,28-25-,30-27-,36-34-,41-38-,50-47-. The van der Waals surface area contributed by atoms with Crippen LogP contribution in [0.5, 0.6) is 0 Å². The van der Waals surface area contributed by atoms with Gasteiger partial charge in [-0.3, -0.25) is 14.4 Å². The van der Waals surface area contributed by atoms with Crippen molar-refractivity contribution in [3.05, 3.63) is 109 Å². The smallest absolute Gasteiger partial charge is 0.306 e. The van der Waals surface area contributed by atoms with Gasteiger partial charge < -0.3 is 14.2 Å². The van der Waals surface area contributed by atoms with E-state index in [9.17, 15) is 14.4 Å². The van der Waals surface area contributed by atoms with Crippen molar-refractivity contribution in [1.82, 2.24) is 0 Å². The molecule has 0 N–H and O–H groups in total. The van der Waals surface area contributed by atoms with Gasteiger partial charge in [0.15, 0.2) is 6.10 Å². The predicted molar refractivity (Wildman–Crippen MR) is 343 cm³/mol. The first kappa shape index (κ1) is 75.1. The molecule has 6 nitrogen and oxygen atoms in total. The minimum atomic E-state index is -0.798. The van der Waals surface area contributed by atoms with Crippen molar-refractivity contribution in [2.24, 2.45) is 0 Å². The van der Waals surface area contributed by atoms with Crippen molar-refractivity contribution < 1.29 is 28.6 Å².